The molecule has 0 bridgehead atoms. The van der Waals surface area contributed by atoms with Crippen molar-refractivity contribution < 1.29 is 19.2 Å². The van der Waals surface area contributed by atoms with Crippen LogP contribution in [0.3, 0.4) is 0 Å². The number of anilines is 1. The van der Waals surface area contributed by atoms with Gasteiger partial charge in [0.05, 0.1) is 11.8 Å². The Kier molecular flexibility index (Phi) is 5.22. The second-order valence-electron chi connectivity index (χ2n) is 7.94. The van der Waals surface area contributed by atoms with Gasteiger partial charge in [-0.25, -0.2) is 0 Å². The number of nitrogens with zero attached hydrogens (tertiary/aromatic N) is 2. The van der Waals surface area contributed by atoms with E-state index in [1.807, 2.05) is 17.1 Å². The molecule has 2 aliphatic heterocycles. The number of amides is 4. The molecule has 1 aliphatic carbocycles. The second-order valence-corrected chi connectivity index (χ2v) is 7.94. The molecular weight excluding hydrogens is 370 g/mol. The van der Waals surface area contributed by atoms with E-state index in [-0.39, 0.29) is 29.6 Å². The first-order valence-electron chi connectivity index (χ1n) is 10.2. The largest absolute Gasteiger partial charge is 0.339 e. The third-order valence-electron chi connectivity index (χ3n) is 6.10. The summed E-state index contributed by atoms with van der Waals surface area (Å²) in [6, 6.07) is 5.84. The van der Waals surface area contributed by atoms with Crippen LogP contribution in [0, 0.1) is 11.8 Å². The first-order valence-corrected chi connectivity index (χ1v) is 10.2. The van der Waals surface area contributed by atoms with Crippen molar-refractivity contribution in [2.45, 2.75) is 38.6 Å². The molecule has 2 saturated heterocycles. The van der Waals surface area contributed by atoms with Crippen molar-refractivity contribution >= 4 is 29.3 Å². The molecule has 0 aromatic heterocycles. The Balaban J connectivity index is 1.40. The van der Waals surface area contributed by atoms with Gasteiger partial charge in [-0.3, -0.25) is 24.1 Å². The van der Waals surface area contributed by atoms with Gasteiger partial charge in [-0.05, 0) is 56.9 Å². The van der Waals surface area contributed by atoms with Crippen molar-refractivity contribution in [2.24, 2.45) is 11.8 Å². The minimum absolute atomic E-state index is 0.00165. The third-order valence-corrected chi connectivity index (χ3v) is 6.10. The Hall–Kier alpha value is -2.96. The maximum Gasteiger partial charge on any atom is 0.253 e. The number of benzene rings is 1. The van der Waals surface area contributed by atoms with Crippen molar-refractivity contribution in [3.8, 4) is 0 Å². The summed E-state index contributed by atoms with van der Waals surface area (Å²) in [7, 11) is 0. The summed E-state index contributed by atoms with van der Waals surface area (Å²) >= 11 is 0. The maximum absolute atomic E-state index is 12.7. The van der Waals surface area contributed by atoms with Crippen molar-refractivity contribution in [1.82, 2.24) is 9.80 Å². The number of carbonyl (C=O) groups is 4. The number of imide groups is 1. The van der Waals surface area contributed by atoms with Gasteiger partial charge in [0.15, 0.2) is 0 Å². The predicted octanol–water partition coefficient (Wildman–Crippen LogP) is 2.20. The molecule has 3 aliphatic rings. The molecule has 1 N–H and O–H groups in total. The van der Waals surface area contributed by atoms with Gasteiger partial charge in [-0.1, -0.05) is 12.2 Å². The van der Waals surface area contributed by atoms with Crippen LogP contribution in [-0.4, -0.2) is 52.6 Å². The molecule has 1 aromatic rings. The topological polar surface area (TPSA) is 86.8 Å². The molecule has 29 heavy (non-hydrogen) atoms. The van der Waals surface area contributed by atoms with Gasteiger partial charge < -0.3 is 10.2 Å². The fraction of sp³-hybridized carbons (Fsp3) is 0.455. The molecule has 152 valence electrons. The fourth-order valence-electron chi connectivity index (χ4n) is 4.37. The van der Waals surface area contributed by atoms with Gasteiger partial charge in [0.25, 0.3) is 5.91 Å². The zero-order valence-corrected chi connectivity index (χ0v) is 16.5. The minimum Gasteiger partial charge on any atom is -0.339 e. The Bertz CT molecular complexity index is 845. The lowest BCUT2D eigenvalue weighted by atomic mass is 9.85. The number of fused-ring (bicyclic) bond motifs is 1. The number of carbonyl (C=O) groups excluding carboxylic acids is 4. The maximum atomic E-state index is 12.7. The van der Waals surface area contributed by atoms with E-state index in [4.69, 9.17) is 0 Å². The first kappa shape index (κ1) is 19.4. The number of allylic oxidation sites excluding steroid dienone is 2. The number of nitrogens with one attached hydrogen (secondary N) is 1. The normalized spacial score (nSPS) is 24.6. The second kappa shape index (κ2) is 7.81. The lowest BCUT2D eigenvalue weighted by molar-refractivity contribution is -0.146. The average molecular weight is 395 g/mol. The Morgan fingerprint density at radius 3 is 2.07 bits per heavy atom. The van der Waals surface area contributed by atoms with E-state index in [9.17, 15) is 19.2 Å². The minimum atomic E-state index is -0.883. The van der Waals surface area contributed by atoms with E-state index in [1.54, 1.807) is 31.2 Å². The zero-order chi connectivity index (χ0) is 20.5. The van der Waals surface area contributed by atoms with Gasteiger partial charge in [0, 0.05) is 24.3 Å². The summed E-state index contributed by atoms with van der Waals surface area (Å²) in [6.45, 7) is 3.13. The summed E-state index contributed by atoms with van der Waals surface area (Å²) in [6.07, 6.45) is 7.00. The third kappa shape index (κ3) is 3.57. The van der Waals surface area contributed by atoms with Crippen LogP contribution in [0.1, 0.15) is 43.0 Å². The van der Waals surface area contributed by atoms with Gasteiger partial charge in [0.2, 0.25) is 17.7 Å². The molecule has 4 rings (SSSR count). The number of hydrogen-bond donors (Lipinski definition) is 1. The molecule has 2 heterocycles. The zero-order valence-electron chi connectivity index (χ0n) is 16.5. The molecule has 1 aromatic carbocycles. The Morgan fingerprint density at radius 2 is 1.52 bits per heavy atom. The fourth-order valence-corrected chi connectivity index (χ4v) is 4.37. The number of rotatable bonds is 4. The lowest BCUT2D eigenvalue weighted by Crippen LogP contribution is -2.46. The Labute approximate surface area is 169 Å². The monoisotopic (exact) mass is 395 g/mol. The molecule has 2 fully saturated rings. The summed E-state index contributed by atoms with van der Waals surface area (Å²) in [5.74, 6) is -1.65. The van der Waals surface area contributed by atoms with E-state index in [0.29, 0.717) is 24.1 Å². The van der Waals surface area contributed by atoms with Crippen LogP contribution >= 0.6 is 0 Å². The molecule has 3 atom stereocenters. The van der Waals surface area contributed by atoms with Crippen LogP contribution in [0.25, 0.3) is 0 Å². The number of hydrogen-bond acceptors (Lipinski definition) is 4. The van der Waals surface area contributed by atoms with Crippen LogP contribution in [0.2, 0.25) is 0 Å². The standard InChI is InChI=1S/C22H25N3O4/c1-14(25-21(28)17-6-2-3-7-18(17)22(25)29)19(26)23-16-10-8-15(9-11-16)20(27)24-12-4-5-13-24/h2-3,8-11,14,17-18H,4-7,12-13H2,1H3,(H,23,26)/t14-,17-,18-/m1/s1. The number of likely N-dealkylation sites (tertiary alicyclic amines) is 2. The molecule has 7 heteroatoms. The summed E-state index contributed by atoms with van der Waals surface area (Å²) < 4.78 is 0. The highest BCUT2D eigenvalue weighted by Crippen LogP contribution is 2.36. The molecule has 0 unspecified atom stereocenters. The summed E-state index contributed by atoms with van der Waals surface area (Å²) in [5.41, 5.74) is 1.11. The molecule has 0 saturated carbocycles. The van der Waals surface area contributed by atoms with E-state index in [0.717, 1.165) is 30.8 Å². The molecular formula is C22H25N3O4. The smallest absolute Gasteiger partial charge is 0.253 e. The van der Waals surface area contributed by atoms with Crippen LogP contribution in [0.4, 0.5) is 5.69 Å². The van der Waals surface area contributed by atoms with Crippen molar-refractivity contribution in [3.63, 3.8) is 0 Å². The first-order chi connectivity index (χ1) is 14.0. The summed E-state index contributed by atoms with van der Waals surface area (Å²) in [4.78, 5) is 53.3. The highest BCUT2D eigenvalue weighted by molar-refractivity contribution is 6.10. The van der Waals surface area contributed by atoms with Crippen LogP contribution in [0.15, 0.2) is 36.4 Å². The SMILES string of the molecule is C[C@H](C(=O)Nc1ccc(C(=O)N2CCCC2)cc1)N1C(=O)[C@@H]2CC=CC[C@H]2C1=O. The molecule has 0 radical (unpaired) electrons. The summed E-state index contributed by atoms with van der Waals surface area (Å²) in [5, 5.41) is 2.75. The van der Waals surface area contributed by atoms with E-state index < -0.39 is 11.9 Å². The molecule has 0 spiro atoms. The molecule has 4 amide bonds. The lowest BCUT2D eigenvalue weighted by Gasteiger charge is -2.22. The average Bonchev–Trinajstić information content (AvgIpc) is 3.36. The van der Waals surface area contributed by atoms with Crippen LogP contribution in [-0.2, 0) is 14.4 Å². The predicted molar refractivity (Wildman–Crippen MR) is 107 cm³/mol. The Morgan fingerprint density at radius 1 is 0.966 bits per heavy atom. The van der Waals surface area contributed by atoms with Gasteiger partial charge in [0.1, 0.15) is 6.04 Å². The van der Waals surface area contributed by atoms with Crippen LogP contribution in [0.5, 0.6) is 0 Å². The van der Waals surface area contributed by atoms with Crippen LogP contribution < -0.4 is 5.32 Å². The van der Waals surface area contributed by atoms with Crippen molar-refractivity contribution in [2.75, 3.05) is 18.4 Å². The van der Waals surface area contributed by atoms with Gasteiger partial charge in [-0.15, -0.1) is 0 Å². The van der Waals surface area contributed by atoms with Crippen molar-refractivity contribution in [3.05, 3.63) is 42.0 Å². The van der Waals surface area contributed by atoms with E-state index >= 15 is 0 Å². The van der Waals surface area contributed by atoms with E-state index in [1.165, 1.54) is 0 Å². The highest BCUT2D eigenvalue weighted by atomic mass is 16.2. The van der Waals surface area contributed by atoms with Gasteiger partial charge in [-0.2, -0.15) is 0 Å². The quantitative estimate of drug-likeness (QED) is 0.625. The van der Waals surface area contributed by atoms with E-state index in [2.05, 4.69) is 5.32 Å². The van der Waals surface area contributed by atoms with Crippen molar-refractivity contribution in [1.29, 1.82) is 0 Å². The molecule has 7 nitrogen and oxygen atoms in total. The highest BCUT2D eigenvalue weighted by Gasteiger charge is 2.50. The van der Waals surface area contributed by atoms with Gasteiger partial charge >= 0.3 is 0 Å².